The molecule has 5 heteroatoms. The van der Waals surface area contributed by atoms with Crippen molar-refractivity contribution in [2.75, 3.05) is 13.7 Å². The largest absolute Gasteiger partial charge is 0.497 e. The maximum Gasteiger partial charge on any atom is 0.251 e. The van der Waals surface area contributed by atoms with Gasteiger partial charge in [-0.05, 0) is 29.8 Å². The zero-order chi connectivity index (χ0) is 12.0. The number of carbonyl (C=O) groups excluding carboxylic acids is 2. The third-order valence-electron chi connectivity index (χ3n) is 1.94. The molecule has 1 aromatic carbocycles. The van der Waals surface area contributed by atoms with Gasteiger partial charge in [0.05, 0.1) is 7.11 Å². The van der Waals surface area contributed by atoms with Crippen LogP contribution in [-0.4, -0.2) is 24.8 Å². The summed E-state index contributed by atoms with van der Waals surface area (Å²) in [6.45, 7) is 0.235. The number of hydrogen-bond donors (Lipinski definition) is 1. The second-order valence-corrected chi connectivity index (χ2v) is 3.51. The van der Waals surface area contributed by atoms with Crippen molar-refractivity contribution in [1.29, 1.82) is 0 Å². The third-order valence-corrected chi connectivity index (χ3v) is 2.13. The Morgan fingerprint density at radius 2 is 2.19 bits per heavy atom. The molecular formula is C11H12ClNO3. The van der Waals surface area contributed by atoms with Gasteiger partial charge in [-0.3, -0.25) is 9.59 Å². The molecule has 1 N–H and O–H groups in total. The molecule has 86 valence electrons. The fourth-order valence-electron chi connectivity index (χ4n) is 1.14. The molecule has 4 nitrogen and oxygen atoms in total. The summed E-state index contributed by atoms with van der Waals surface area (Å²) in [5.41, 5.74) is 0.487. The molecular weight excluding hydrogens is 230 g/mol. The van der Waals surface area contributed by atoms with Gasteiger partial charge in [-0.25, -0.2) is 0 Å². The van der Waals surface area contributed by atoms with Crippen molar-refractivity contribution in [2.45, 2.75) is 6.42 Å². The standard InChI is InChI=1S/C11H12ClNO3/c1-16-9-4-2-3-8(7-9)11(15)13-6-5-10(12)14/h2-4,7H,5-6H2,1H3,(H,13,15). The number of nitrogens with one attached hydrogen (secondary N) is 1. The van der Waals surface area contributed by atoms with E-state index >= 15 is 0 Å². The topological polar surface area (TPSA) is 55.4 Å². The average Bonchev–Trinajstić information content (AvgIpc) is 2.28. The minimum Gasteiger partial charge on any atom is -0.497 e. The van der Waals surface area contributed by atoms with Crippen LogP contribution in [0.15, 0.2) is 24.3 Å². The molecule has 0 unspecified atom stereocenters. The minimum atomic E-state index is -0.467. The average molecular weight is 242 g/mol. The van der Waals surface area contributed by atoms with Gasteiger partial charge in [0.1, 0.15) is 5.75 Å². The first-order valence-electron chi connectivity index (χ1n) is 4.74. The molecule has 1 rings (SSSR count). The van der Waals surface area contributed by atoms with Gasteiger partial charge in [0, 0.05) is 18.5 Å². The van der Waals surface area contributed by atoms with Crippen LogP contribution in [0.1, 0.15) is 16.8 Å². The van der Waals surface area contributed by atoms with E-state index in [0.29, 0.717) is 11.3 Å². The second-order valence-electron chi connectivity index (χ2n) is 3.09. The molecule has 0 radical (unpaired) electrons. The van der Waals surface area contributed by atoms with Crippen LogP contribution >= 0.6 is 11.6 Å². The highest BCUT2D eigenvalue weighted by Crippen LogP contribution is 2.12. The fraction of sp³-hybridized carbons (Fsp3) is 0.273. The van der Waals surface area contributed by atoms with Crippen LogP contribution in [0.2, 0.25) is 0 Å². The first kappa shape index (κ1) is 12.5. The zero-order valence-electron chi connectivity index (χ0n) is 8.83. The van der Waals surface area contributed by atoms with E-state index in [4.69, 9.17) is 16.3 Å². The van der Waals surface area contributed by atoms with Crippen molar-refractivity contribution in [3.8, 4) is 5.75 Å². The molecule has 0 aliphatic rings. The van der Waals surface area contributed by atoms with Crippen LogP contribution in [0.3, 0.4) is 0 Å². The summed E-state index contributed by atoms with van der Waals surface area (Å²) < 4.78 is 4.99. The molecule has 0 fully saturated rings. The number of amides is 1. The number of benzene rings is 1. The summed E-state index contributed by atoms with van der Waals surface area (Å²) in [6.07, 6.45) is 0.122. The maximum atomic E-state index is 11.6. The predicted molar refractivity (Wildman–Crippen MR) is 60.8 cm³/mol. The summed E-state index contributed by atoms with van der Waals surface area (Å²) >= 11 is 5.14. The first-order valence-corrected chi connectivity index (χ1v) is 5.12. The molecule has 0 spiro atoms. The Morgan fingerprint density at radius 1 is 1.44 bits per heavy atom. The van der Waals surface area contributed by atoms with Crippen molar-refractivity contribution in [3.05, 3.63) is 29.8 Å². The highest BCUT2D eigenvalue weighted by Gasteiger charge is 2.06. The lowest BCUT2D eigenvalue weighted by Crippen LogP contribution is -2.25. The Morgan fingerprint density at radius 3 is 2.81 bits per heavy atom. The number of rotatable bonds is 5. The van der Waals surface area contributed by atoms with E-state index in [1.54, 1.807) is 24.3 Å². The fourth-order valence-corrected chi connectivity index (χ4v) is 1.24. The van der Waals surface area contributed by atoms with Crippen LogP contribution in [0, 0.1) is 0 Å². The van der Waals surface area contributed by atoms with E-state index in [9.17, 15) is 9.59 Å². The third kappa shape index (κ3) is 3.90. The molecule has 0 saturated carbocycles. The van der Waals surface area contributed by atoms with E-state index in [0.717, 1.165) is 0 Å². The van der Waals surface area contributed by atoms with Crippen LogP contribution < -0.4 is 10.1 Å². The van der Waals surface area contributed by atoms with E-state index in [1.807, 2.05) is 0 Å². The maximum absolute atomic E-state index is 11.6. The van der Waals surface area contributed by atoms with E-state index in [-0.39, 0.29) is 18.9 Å². The Hall–Kier alpha value is -1.55. The van der Waals surface area contributed by atoms with Crippen molar-refractivity contribution in [1.82, 2.24) is 5.32 Å². The highest BCUT2D eigenvalue weighted by atomic mass is 35.5. The zero-order valence-corrected chi connectivity index (χ0v) is 9.58. The molecule has 0 heterocycles. The Balaban J connectivity index is 2.55. The SMILES string of the molecule is COc1cccc(C(=O)NCCC(=O)Cl)c1. The lowest BCUT2D eigenvalue weighted by molar-refractivity contribution is -0.111. The number of hydrogen-bond acceptors (Lipinski definition) is 3. The molecule has 0 bridgehead atoms. The van der Waals surface area contributed by atoms with Gasteiger partial charge in [0.25, 0.3) is 5.91 Å². The molecule has 0 aromatic heterocycles. The summed E-state index contributed by atoms with van der Waals surface area (Å²) in [7, 11) is 1.53. The monoisotopic (exact) mass is 241 g/mol. The molecule has 0 saturated heterocycles. The number of methoxy groups -OCH3 is 1. The number of halogens is 1. The Kier molecular flexibility index (Phi) is 4.79. The summed E-state index contributed by atoms with van der Waals surface area (Å²) in [6, 6.07) is 6.76. The highest BCUT2D eigenvalue weighted by molar-refractivity contribution is 6.63. The number of ether oxygens (including phenoxy) is 1. The van der Waals surface area contributed by atoms with Crippen molar-refractivity contribution in [3.63, 3.8) is 0 Å². The van der Waals surface area contributed by atoms with Gasteiger partial charge in [-0.1, -0.05) is 6.07 Å². The summed E-state index contributed by atoms with van der Waals surface area (Å²) in [4.78, 5) is 22.0. The van der Waals surface area contributed by atoms with Gasteiger partial charge < -0.3 is 10.1 Å². The lowest BCUT2D eigenvalue weighted by atomic mass is 10.2. The Bertz CT molecular complexity index is 393. The molecule has 16 heavy (non-hydrogen) atoms. The first-order chi connectivity index (χ1) is 7.63. The smallest absolute Gasteiger partial charge is 0.251 e. The van der Waals surface area contributed by atoms with Crippen LogP contribution in [0.5, 0.6) is 5.75 Å². The van der Waals surface area contributed by atoms with Crippen LogP contribution in [0.4, 0.5) is 0 Å². The predicted octanol–water partition coefficient (Wildman–Crippen LogP) is 1.58. The van der Waals surface area contributed by atoms with Crippen LogP contribution in [0.25, 0.3) is 0 Å². The normalized spacial score (nSPS) is 9.62. The molecule has 0 atom stereocenters. The number of carbonyl (C=O) groups is 2. The van der Waals surface area contributed by atoms with Gasteiger partial charge in [0.2, 0.25) is 5.24 Å². The van der Waals surface area contributed by atoms with E-state index in [1.165, 1.54) is 7.11 Å². The van der Waals surface area contributed by atoms with Crippen molar-refractivity contribution >= 4 is 22.8 Å². The molecule has 0 aliphatic heterocycles. The van der Waals surface area contributed by atoms with Gasteiger partial charge >= 0.3 is 0 Å². The van der Waals surface area contributed by atoms with Gasteiger partial charge in [0.15, 0.2) is 0 Å². The van der Waals surface area contributed by atoms with Crippen LogP contribution in [-0.2, 0) is 4.79 Å². The van der Waals surface area contributed by atoms with Crippen molar-refractivity contribution < 1.29 is 14.3 Å². The summed E-state index contributed by atoms with van der Waals surface area (Å²) in [5.74, 6) is 0.359. The van der Waals surface area contributed by atoms with Gasteiger partial charge in [-0.15, -0.1) is 0 Å². The minimum absolute atomic E-state index is 0.122. The van der Waals surface area contributed by atoms with E-state index in [2.05, 4.69) is 5.32 Å². The van der Waals surface area contributed by atoms with E-state index < -0.39 is 5.24 Å². The molecule has 1 amide bonds. The van der Waals surface area contributed by atoms with Gasteiger partial charge in [-0.2, -0.15) is 0 Å². The quantitative estimate of drug-likeness (QED) is 0.797. The second kappa shape index (κ2) is 6.12. The lowest BCUT2D eigenvalue weighted by Gasteiger charge is -2.05. The Labute approximate surface area is 98.5 Å². The summed E-state index contributed by atoms with van der Waals surface area (Å²) in [5, 5.41) is 2.12. The molecule has 0 aliphatic carbocycles. The molecule has 1 aromatic rings. The van der Waals surface area contributed by atoms with Crippen molar-refractivity contribution in [2.24, 2.45) is 0 Å².